The molecule has 0 heterocycles. The summed E-state index contributed by atoms with van der Waals surface area (Å²) in [6.07, 6.45) is 8.36. The van der Waals surface area contributed by atoms with Crippen molar-refractivity contribution in [1.82, 2.24) is 0 Å². The number of hydrogen-bond donors (Lipinski definition) is 0. The first kappa shape index (κ1) is 25.4. The largest absolute Gasteiger partial charge is 2.00 e. The minimum atomic E-state index is -1.82. The van der Waals surface area contributed by atoms with E-state index < -0.39 is 22.2 Å². The molecular formula is C12H26CaO4S2. The molecule has 0 amide bonds. The fraction of sp³-hybridized carbons (Fsp3) is 1.00. The smallest absolute Gasteiger partial charge is 0.772 e. The third-order valence-corrected chi connectivity index (χ3v) is 3.57. The van der Waals surface area contributed by atoms with Gasteiger partial charge in [0.15, 0.2) is 0 Å². The molecule has 0 fully saturated rings. The number of unbranched alkanes of at least 4 members (excludes halogenated alkanes) is 6. The van der Waals surface area contributed by atoms with E-state index in [2.05, 4.69) is 13.8 Å². The van der Waals surface area contributed by atoms with Gasteiger partial charge in [-0.15, -0.1) is 0 Å². The zero-order valence-corrected chi connectivity index (χ0v) is 16.1. The summed E-state index contributed by atoms with van der Waals surface area (Å²) < 4.78 is 39.8. The van der Waals surface area contributed by atoms with Crippen LogP contribution in [0.3, 0.4) is 0 Å². The van der Waals surface area contributed by atoms with Gasteiger partial charge in [0, 0.05) is 11.5 Å². The van der Waals surface area contributed by atoms with Gasteiger partial charge < -0.3 is 9.11 Å². The molecule has 0 radical (unpaired) electrons. The van der Waals surface area contributed by atoms with Crippen molar-refractivity contribution in [2.75, 3.05) is 11.5 Å². The summed E-state index contributed by atoms with van der Waals surface area (Å²) in [6.45, 7) is 4.21. The average Bonchev–Trinajstić information content (AvgIpc) is 2.31. The van der Waals surface area contributed by atoms with Crippen LogP contribution in [-0.4, -0.2) is 66.8 Å². The van der Waals surface area contributed by atoms with Gasteiger partial charge in [0.2, 0.25) is 0 Å². The second-order valence-electron chi connectivity index (χ2n) is 4.14. The molecule has 0 rings (SSSR count). The monoisotopic (exact) mass is 338 g/mol. The molecule has 0 saturated heterocycles. The molecule has 0 aliphatic carbocycles. The summed E-state index contributed by atoms with van der Waals surface area (Å²) >= 11 is -3.64. The first-order valence-corrected chi connectivity index (χ1v) is 9.15. The third kappa shape index (κ3) is 32.8. The molecule has 19 heavy (non-hydrogen) atoms. The Morgan fingerprint density at radius 3 is 1.21 bits per heavy atom. The van der Waals surface area contributed by atoms with Gasteiger partial charge in [-0.05, 0) is 12.8 Å². The summed E-state index contributed by atoms with van der Waals surface area (Å²) in [5.74, 6) is 0.667. The van der Waals surface area contributed by atoms with E-state index in [4.69, 9.17) is 0 Å². The minimum Gasteiger partial charge on any atom is -0.772 e. The van der Waals surface area contributed by atoms with Gasteiger partial charge in [0.05, 0.1) is 0 Å². The molecule has 112 valence electrons. The van der Waals surface area contributed by atoms with Crippen molar-refractivity contribution in [1.29, 1.82) is 0 Å². The quantitative estimate of drug-likeness (QED) is 0.348. The Labute approximate surface area is 153 Å². The van der Waals surface area contributed by atoms with E-state index in [9.17, 15) is 17.5 Å². The fourth-order valence-electron chi connectivity index (χ4n) is 1.29. The van der Waals surface area contributed by atoms with Crippen molar-refractivity contribution in [3.63, 3.8) is 0 Å². The summed E-state index contributed by atoms with van der Waals surface area (Å²) in [5, 5.41) is 0. The van der Waals surface area contributed by atoms with E-state index in [1.165, 1.54) is 0 Å². The van der Waals surface area contributed by atoms with E-state index in [0.717, 1.165) is 51.4 Å². The van der Waals surface area contributed by atoms with Gasteiger partial charge in [-0.25, -0.2) is 0 Å². The Morgan fingerprint density at radius 2 is 1.00 bits per heavy atom. The van der Waals surface area contributed by atoms with Gasteiger partial charge >= 0.3 is 37.7 Å². The third-order valence-electron chi connectivity index (χ3n) is 2.33. The molecule has 0 aliphatic rings. The van der Waals surface area contributed by atoms with Crippen LogP contribution in [0.25, 0.3) is 0 Å². The minimum absolute atomic E-state index is 0. The van der Waals surface area contributed by atoms with Crippen LogP contribution in [-0.2, 0) is 22.2 Å². The van der Waals surface area contributed by atoms with Crippen molar-refractivity contribution >= 4 is 59.9 Å². The number of rotatable bonds is 10. The van der Waals surface area contributed by atoms with Gasteiger partial charge in [0.25, 0.3) is 0 Å². The second-order valence-corrected chi connectivity index (χ2v) is 6.17. The van der Waals surface area contributed by atoms with Gasteiger partial charge in [0.1, 0.15) is 0 Å². The SMILES string of the molecule is CCCCCCS(=O)[O-].CCCCCCS(=O)[O-].[Ca+2]. The molecule has 0 N–H and O–H groups in total. The predicted octanol–water partition coefficient (Wildman–Crippen LogP) is 2.51. The molecule has 2 unspecified atom stereocenters. The molecule has 7 heteroatoms. The van der Waals surface area contributed by atoms with Gasteiger partial charge in [-0.1, -0.05) is 74.5 Å². The normalized spacial score (nSPS) is 12.8. The molecule has 0 aromatic carbocycles. The van der Waals surface area contributed by atoms with Crippen molar-refractivity contribution in [3.05, 3.63) is 0 Å². The first-order chi connectivity index (χ1) is 8.54. The molecule has 0 spiro atoms. The average molecular weight is 339 g/mol. The van der Waals surface area contributed by atoms with Crippen LogP contribution in [0.5, 0.6) is 0 Å². The zero-order valence-electron chi connectivity index (χ0n) is 12.2. The maximum atomic E-state index is 9.96. The van der Waals surface area contributed by atoms with E-state index in [1.807, 2.05) is 0 Å². The van der Waals surface area contributed by atoms with E-state index in [1.54, 1.807) is 0 Å². The van der Waals surface area contributed by atoms with Crippen molar-refractivity contribution in [2.45, 2.75) is 65.2 Å². The number of hydrogen-bond acceptors (Lipinski definition) is 4. The van der Waals surface area contributed by atoms with Crippen molar-refractivity contribution in [3.8, 4) is 0 Å². The molecule has 0 aromatic rings. The molecule has 0 bridgehead atoms. The molecule has 4 nitrogen and oxygen atoms in total. The Bertz CT molecular complexity index is 194. The molecule has 2 atom stereocenters. The summed E-state index contributed by atoms with van der Waals surface area (Å²) in [5.41, 5.74) is 0. The second kappa shape index (κ2) is 21.8. The molecule has 0 saturated carbocycles. The summed E-state index contributed by atoms with van der Waals surface area (Å²) in [7, 11) is 0. The van der Waals surface area contributed by atoms with Gasteiger partial charge in [-0.3, -0.25) is 8.42 Å². The van der Waals surface area contributed by atoms with E-state index in [-0.39, 0.29) is 37.7 Å². The van der Waals surface area contributed by atoms with Crippen LogP contribution < -0.4 is 0 Å². The Balaban J connectivity index is -0.000000256. The van der Waals surface area contributed by atoms with Crippen molar-refractivity contribution < 1.29 is 17.5 Å². The zero-order chi connectivity index (χ0) is 14.2. The van der Waals surface area contributed by atoms with E-state index in [0.29, 0.717) is 11.5 Å². The van der Waals surface area contributed by atoms with E-state index >= 15 is 0 Å². The van der Waals surface area contributed by atoms with Crippen LogP contribution in [0.2, 0.25) is 0 Å². The summed E-state index contributed by atoms with van der Waals surface area (Å²) in [6, 6.07) is 0. The van der Waals surface area contributed by atoms with Crippen LogP contribution in [0.15, 0.2) is 0 Å². The predicted molar refractivity (Wildman–Crippen MR) is 81.6 cm³/mol. The summed E-state index contributed by atoms with van der Waals surface area (Å²) in [4.78, 5) is 0. The standard InChI is InChI=1S/2C6H14O2S.Ca/c2*1-2-3-4-5-6-9(7)8;/h2*2-6H2,1H3,(H,7,8);/q;;+2/p-2. The van der Waals surface area contributed by atoms with Crippen LogP contribution >= 0.6 is 0 Å². The van der Waals surface area contributed by atoms with Gasteiger partial charge in [-0.2, -0.15) is 0 Å². The Morgan fingerprint density at radius 1 is 0.684 bits per heavy atom. The molecule has 0 aliphatic heterocycles. The van der Waals surface area contributed by atoms with Crippen LogP contribution in [0, 0.1) is 0 Å². The molecule has 0 aromatic heterocycles. The maximum Gasteiger partial charge on any atom is 2.00 e. The van der Waals surface area contributed by atoms with Crippen LogP contribution in [0.4, 0.5) is 0 Å². The van der Waals surface area contributed by atoms with Crippen LogP contribution in [0.1, 0.15) is 65.2 Å². The topological polar surface area (TPSA) is 80.3 Å². The fourth-order valence-corrected chi connectivity index (χ4v) is 2.17. The Kier molecular flexibility index (Phi) is 29.1. The molecular weight excluding hydrogens is 312 g/mol. The Hall–Kier alpha value is 1.48. The maximum absolute atomic E-state index is 9.96. The first-order valence-electron chi connectivity index (χ1n) is 6.66. The van der Waals surface area contributed by atoms with Crippen molar-refractivity contribution in [2.24, 2.45) is 0 Å².